The number of amides is 1. The number of hydrogen-bond acceptors (Lipinski definition) is 2. The van der Waals surface area contributed by atoms with Crippen molar-refractivity contribution < 1.29 is 13.6 Å². The molecule has 0 saturated carbocycles. The molecule has 5 heteroatoms. The van der Waals surface area contributed by atoms with Gasteiger partial charge in [-0.05, 0) is 54.3 Å². The van der Waals surface area contributed by atoms with Crippen molar-refractivity contribution in [3.8, 4) is 0 Å². The summed E-state index contributed by atoms with van der Waals surface area (Å²) in [7, 11) is 0. The molecule has 0 saturated heterocycles. The Kier molecular flexibility index (Phi) is 4.96. The number of halogens is 2. The van der Waals surface area contributed by atoms with Crippen molar-refractivity contribution in [2.24, 2.45) is 0 Å². The second-order valence-corrected chi connectivity index (χ2v) is 6.70. The van der Waals surface area contributed by atoms with Crippen LogP contribution in [0.5, 0.6) is 0 Å². The third kappa shape index (κ3) is 4.10. The SMILES string of the molecule is O=C(CCc1ccc(F)cc1)NC1CCSc2ccc(F)cc21. The van der Waals surface area contributed by atoms with E-state index in [0.29, 0.717) is 12.8 Å². The molecule has 1 aliphatic heterocycles. The van der Waals surface area contributed by atoms with Gasteiger partial charge < -0.3 is 5.32 Å². The summed E-state index contributed by atoms with van der Waals surface area (Å²) in [5, 5.41) is 2.99. The maximum absolute atomic E-state index is 13.5. The molecule has 3 rings (SSSR count). The van der Waals surface area contributed by atoms with Crippen LogP contribution in [0.4, 0.5) is 8.78 Å². The summed E-state index contributed by atoms with van der Waals surface area (Å²) in [6, 6.07) is 10.7. The molecule has 2 aromatic rings. The summed E-state index contributed by atoms with van der Waals surface area (Å²) in [5.41, 5.74) is 1.78. The molecule has 0 bridgehead atoms. The number of thioether (sulfide) groups is 1. The van der Waals surface area contributed by atoms with E-state index in [4.69, 9.17) is 0 Å². The molecule has 2 aromatic carbocycles. The largest absolute Gasteiger partial charge is 0.349 e. The predicted molar refractivity (Wildman–Crippen MR) is 87.3 cm³/mol. The monoisotopic (exact) mass is 333 g/mol. The van der Waals surface area contributed by atoms with Crippen molar-refractivity contribution in [3.05, 3.63) is 65.2 Å². The zero-order valence-electron chi connectivity index (χ0n) is 12.5. The van der Waals surface area contributed by atoms with Gasteiger partial charge in [0.2, 0.25) is 5.91 Å². The van der Waals surface area contributed by atoms with Gasteiger partial charge in [0.1, 0.15) is 11.6 Å². The molecule has 2 nitrogen and oxygen atoms in total. The second-order valence-electron chi connectivity index (χ2n) is 5.57. The lowest BCUT2D eigenvalue weighted by Crippen LogP contribution is -2.30. The maximum Gasteiger partial charge on any atom is 0.220 e. The fourth-order valence-electron chi connectivity index (χ4n) is 2.69. The molecule has 0 aromatic heterocycles. The summed E-state index contributed by atoms with van der Waals surface area (Å²) < 4.78 is 26.3. The topological polar surface area (TPSA) is 29.1 Å². The van der Waals surface area contributed by atoms with E-state index in [1.807, 2.05) is 0 Å². The van der Waals surface area contributed by atoms with Crippen molar-refractivity contribution in [2.75, 3.05) is 5.75 Å². The summed E-state index contributed by atoms with van der Waals surface area (Å²) in [6.45, 7) is 0. The minimum Gasteiger partial charge on any atom is -0.349 e. The van der Waals surface area contributed by atoms with E-state index in [0.717, 1.165) is 28.2 Å². The van der Waals surface area contributed by atoms with Gasteiger partial charge in [-0.1, -0.05) is 12.1 Å². The molecule has 1 aliphatic rings. The van der Waals surface area contributed by atoms with E-state index >= 15 is 0 Å². The van der Waals surface area contributed by atoms with E-state index < -0.39 is 0 Å². The molecule has 1 N–H and O–H groups in total. The van der Waals surface area contributed by atoms with E-state index in [-0.39, 0.29) is 23.6 Å². The zero-order valence-corrected chi connectivity index (χ0v) is 13.3. The number of hydrogen-bond donors (Lipinski definition) is 1. The first-order valence-electron chi connectivity index (χ1n) is 7.58. The minimum atomic E-state index is -0.281. The first kappa shape index (κ1) is 16.0. The molecule has 0 aliphatic carbocycles. The Morgan fingerprint density at radius 3 is 2.65 bits per heavy atom. The van der Waals surface area contributed by atoms with Gasteiger partial charge in [-0.3, -0.25) is 4.79 Å². The number of carbonyl (C=O) groups excluding carboxylic acids is 1. The van der Waals surface area contributed by atoms with E-state index in [9.17, 15) is 13.6 Å². The van der Waals surface area contributed by atoms with Gasteiger partial charge in [-0.2, -0.15) is 0 Å². The normalized spacial score (nSPS) is 16.7. The lowest BCUT2D eigenvalue weighted by molar-refractivity contribution is -0.121. The van der Waals surface area contributed by atoms with Crippen LogP contribution in [0.25, 0.3) is 0 Å². The highest BCUT2D eigenvalue weighted by Gasteiger charge is 2.22. The van der Waals surface area contributed by atoms with Gasteiger partial charge in [0.15, 0.2) is 0 Å². The number of rotatable bonds is 4. The van der Waals surface area contributed by atoms with E-state index in [2.05, 4.69) is 5.32 Å². The lowest BCUT2D eigenvalue weighted by atomic mass is 10.0. The Bertz CT molecular complexity index is 703. The Balaban J connectivity index is 1.60. The van der Waals surface area contributed by atoms with Crippen molar-refractivity contribution >= 4 is 17.7 Å². The number of fused-ring (bicyclic) bond motifs is 1. The van der Waals surface area contributed by atoms with Crippen LogP contribution in [-0.2, 0) is 11.2 Å². The number of nitrogens with one attached hydrogen (secondary N) is 1. The van der Waals surface area contributed by atoms with Gasteiger partial charge in [0, 0.05) is 17.1 Å². The molecule has 1 atom stereocenters. The Labute approximate surface area is 138 Å². The summed E-state index contributed by atoms with van der Waals surface area (Å²) >= 11 is 1.69. The quantitative estimate of drug-likeness (QED) is 0.906. The molecule has 1 amide bonds. The fourth-order valence-corrected chi connectivity index (χ4v) is 3.80. The van der Waals surface area contributed by atoms with Crippen molar-refractivity contribution in [2.45, 2.75) is 30.2 Å². The average Bonchev–Trinajstić information content (AvgIpc) is 2.55. The van der Waals surface area contributed by atoms with Crippen LogP contribution in [-0.4, -0.2) is 11.7 Å². The molecule has 1 unspecified atom stereocenters. The average molecular weight is 333 g/mol. The van der Waals surface area contributed by atoms with Gasteiger partial charge >= 0.3 is 0 Å². The van der Waals surface area contributed by atoms with E-state index in [1.54, 1.807) is 30.0 Å². The van der Waals surface area contributed by atoms with Crippen LogP contribution in [0, 0.1) is 11.6 Å². The lowest BCUT2D eigenvalue weighted by Gasteiger charge is -2.26. The van der Waals surface area contributed by atoms with Crippen LogP contribution in [0.3, 0.4) is 0 Å². The third-order valence-electron chi connectivity index (χ3n) is 3.90. The highest BCUT2D eigenvalue weighted by molar-refractivity contribution is 7.99. The minimum absolute atomic E-state index is 0.0681. The van der Waals surface area contributed by atoms with Gasteiger partial charge in [0.25, 0.3) is 0 Å². The van der Waals surface area contributed by atoms with Crippen LogP contribution < -0.4 is 5.32 Å². The van der Waals surface area contributed by atoms with Gasteiger partial charge in [0.05, 0.1) is 6.04 Å². The molecule has 0 radical (unpaired) electrons. The molecule has 23 heavy (non-hydrogen) atoms. The highest BCUT2D eigenvalue weighted by atomic mass is 32.2. The molecular weight excluding hydrogens is 316 g/mol. The van der Waals surface area contributed by atoms with Crippen LogP contribution in [0.15, 0.2) is 47.4 Å². The molecular formula is C18H17F2NOS. The highest BCUT2D eigenvalue weighted by Crippen LogP contribution is 2.36. The smallest absolute Gasteiger partial charge is 0.220 e. The van der Waals surface area contributed by atoms with E-state index in [1.165, 1.54) is 24.3 Å². The van der Waals surface area contributed by atoms with Crippen molar-refractivity contribution in [1.82, 2.24) is 5.32 Å². The molecule has 0 fully saturated rings. The summed E-state index contributed by atoms with van der Waals surface area (Å²) in [4.78, 5) is 13.2. The third-order valence-corrected chi connectivity index (χ3v) is 5.02. The standard InChI is InChI=1S/C18H17F2NOS/c19-13-4-1-12(2-5-13)3-8-18(22)21-16-9-10-23-17-7-6-14(20)11-15(16)17/h1-2,4-7,11,16H,3,8-10H2,(H,21,22). The number of benzene rings is 2. The van der Waals surface area contributed by atoms with Crippen LogP contribution in [0.2, 0.25) is 0 Å². The Hall–Kier alpha value is -1.88. The number of carbonyl (C=O) groups is 1. The van der Waals surface area contributed by atoms with Crippen LogP contribution in [0.1, 0.15) is 30.0 Å². The van der Waals surface area contributed by atoms with Gasteiger partial charge in [-0.25, -0.2) is 8.78 Å². The summed E-state index contributed by atoms with van der Waals surface area (Å²) in [6.07, 6.45) is 1.69. The molecule has 1 heterocycles. The molecule has 120 valence electrons. The maximum atomic E-state index is 13.5. The zero-order chi connectivity index (χ0) is 16.2. The molecule has 0 spiro atoms. The number of aryl methyl sites for hydroxylation is 1. The Morgan fingerprint density at radius 1 is 1.13 bits per heavy atom. The Morgan fingerprint density at radius 2 is 1.87 bits per heavy atom. The second kappa shape index (κ2) is 7.13. The van der Waals surface area contributed by atoms with Gasteiger partial charge in [-0.15, -0.1) is 11.8 Å². The van der Waals surface area contributed by atoms with Crippen molar-refractivity contribution in [3.63, 3.8) is 0 Å². The fraction of sp³-hybridized carbons (Fsp3) is 0.278. The van der Waals surface area contributed by atoms with Crippen molar-refractivity contribution in [1.29, 1.82) is 0 Å². The first-order valence-corrected chi connectivity index (χ1v) is 8.56. The predicted octanol–water partition coefficient (Wildman–Crippen LogP) is 4.25. The van der Waals surface area contributed by atoms with Crippen LogP contribution >= 0.6 is 11.8 Å². The summed E-state index contributed by atoms with van der Waals surface area (Å²) in [5.74, 6) is 0.274. The first-order chi connectivity index (χ1) is 11.1.